The largest absolute Gasteiger partial charge is 0.459 e. The van der Waals surface area contributed by atoms with Gasteiger partial charge in [-0.2, -0.15) is 0 Å². The van der Waals surface area contributed by atoms with Crippen LogP contribution in [0.1, 0.15) is 0 Å². The van der Waals surface area contributed by atoms with Gasteiger partial charge < -0.3 is 9.47 Å². The monoisotopic (exact) mass is 152 g/mol. The summed E-state index contributed by atoms with van der Waals surface area (Å²) in [6, 6.07) is 0. The highest BCUT2D eigenvalue weighted by Crippen LogP contribution is 1.71. The highest BCUT2D eigenvalue weighted by molar-refractivity contribution is 5.88. The van der Waals surface area contributed by atoms with Crippen LogP contribution in [0, 0.1) is 24.2 Å². The Morgan fingerprint density at radius 2 is 2.27 bits per heavy atom. The van der Waals surface area contributed by atoms with E-state index in [0.717, 1.165) is 0 Å². The first kappa shape index (κ1) is 9.55. The third kappa shape index (κ3) is 6.44. The molecule has 0 saturated carbocycles. The van der Waals surface area contributed by atoms with Crippen molar-refractivity contribution < 1.29 is 14.3 Å². The summed E-state index contributed by atoms with van der Waals surface area (Å²) in [5.74, 6) is 6.30. The van der Waals surface area contributed by atoms with E-state index >= 15 is 0 Å². The quantitative estimate of drug-likeness (QED) is 0.238. The Morgan fingerprint density at radius 1 is 1.55 bits per heavy atom. The van der Waals surface area contributed by atoms with Gasteiger partial charge in [-0.25, -0.2) is 4.79 Å². The molecule has 0 unspecified atom stereocenters. The summed E-state index contributed by atoms with van der Waals surface area (Å²) in [5.41, 5.74) is 0. The Bertz CT molecular complexity index is 214. The lowest BCUT2D eigenvalue weighted by Gasteiger charge is -1.88. The van der Waals surface area contributed by atoms with E-state index in [1.807, 2.05) is 0 Å². The van der Waals surface area contributed by atoms with Gasteiger partial charge in [0.15, 0.2) is 0 Å². The van der Waals surface area contributed by atoms with E-state index < -0.39 is 5.97 Å². The van der Waals surface area contributed by atoms with Crippen LogP contribution in [0.4, 0.5) is 0 Å². The van der Waals surface area contributed by atoms with Crippen molar-refractivity contribution in [1.82, 2.24) is 0 Å². The molecule has 0 fully saturated rings. The molecule has 0 aromatic heterocycles. The molecule has 0 atom stereocenters. The number of ether oxygens (including phenoxy) is 2. The predicted molar refractivity (Wildman–Crippen MR) is 39.4 cm³/mol. The van der Waals surface area contributed by atoms with Gasteiger partial charge in [-0.3, -0.25) is 0 Å². The van der Waals surface area contributed by atoms with E-state index in [1.54, 1.807) is 0 Å². The molecule has 0 aromatic rings. The Labute approximate surface area is 65.7 Å². The number of hydrogen-bond acceptors (Lipinski definition) is 3. The SMILES string of the molecule is C#CCOCC#CC(=O)OC. The van der Waals surface area contributed by atoms with Crippen molar-refractivity contribution in [2.75, 3.05) is 20.3 Å². The third-order valence-corrected chi connectivity index (χ3v) is 0.735. The molecule has 0 aromatic carbocycles. The van der Waals surface area contributed by atoms with Gasteiger partial charge in [0.1, 0.15) is 13.2 Å². The second kappa shape index (κ2) is 6.67. The summed E-state index contributed by atoms with van der Waals surface area (Å²) in [6.45, 7) is 0.356. The standard InChI is InChI=1S/C8H8O3/c1-3-6-11-7-4-5-8(9)10-2/h1H,6-7H2,2H3. The molecule has 11 heavy (non-hydrogen) atoms. The molecular weight excluding hydrogens is 144 g/mol. The van der Waals surface area contributed by atoms with E-state index in [4.69, 9.17) is 11.2 Å². The first-order valence-corrected chi connectivity index (χ1v) is 2.89. The molecule has 0 aliphatic heterocycles. The minimum atomic E-state index is -0.575. The normalized spacial score (nSPS) is 7.27. The average molecular weight is 152 g/mol. The van der Waals surface area contributed by atoms with Crippen LogP contribution in [0.15, 0.2) is 0 Å². The molecule has 0 rings (SSSR count). The predicted octanol–water partition coefficient (Wildman–Crippen LogP) is -0.187. The van der Waals surface area contributed by atoms with Gasteiger partial charge in [0.2, 0.25) is 0 Å². The van der Waals surface area contributed by atoms with E-state index in [2.05, 4.69) is 22.5 Å². The van der Waals surface area contributed by atoms with Gasteiger partial charge in [0.25, 0.3) is 0 Å². The third-order valence-electron chi connectivity index (χ3n) is 0.735. The van der Waals surface area contributed by atoms with E-state index in [9.17, 15) is 4.79 Å². The molecule has 0 aliphatic rings. The number of methoxy groups -OCH3 is 1. The molecular formula is C8H8O3. The molecule has 0 spiro atoms. The maximum absolute atomic E-state index is 10.4. The molecule has 0 bridgehead atoms. The molecule has 0 aliphatic carbocycles. The first-order chi connectivity index (χ1) is 5.31. The van der Waals surface area contributed by atoms with Crippen molar-refractivity contribution in [2.24, 2.45) is 0 Å². The van der Waals surface area contributed by atoms with Crippen LogP contribution < -0.4 is 0 Å². The van der Waals surface area contributed by atoms with Crippen LogP contribution in [0.25, 0.3) is 0 Å². The summed E-state index contributed by atoms with van der Waals surface area (Å²) in [5, 5.41) is 0. The topological polar surface area (TPSA) is 35.5 Å². The van der Waals surface area contributed by atoms with Gasteiger partial charge in [-0.1, -0.05) is 11.8 Å². The van der Waals surface area contributed by atoms with Crippen molar-refractivity contribution in [2.45, 2.75) is 0 Å². The van der Waals surface area contributed by atoms with Crippen LogP contribution in [0.3, 0.4) is 0 Å². The van der Waals surface area contributed by atoms with Crippen LogP contribution in [-0.2, 0) is 14.3 Å². The highest BCUT2D eigenvalue weighted by atomic mass is 16.5. The van der Waals surface area contributed by atoms with Crippen molar-refractivity contribution in [3.63, 3.8) is 0 Å². The lowest BCUT2D eigenvalue weighted by Crippen LogP contribution is -1.96. The number of esters is 1. The van der Waals surface area contributed by atoms with Crippen LogP contribution in [-0.4, -0.2) is 26.3 Å². The number of rotatable bonds is 2. The van der Waals surface area contributed by atoms with Crippen LogP contribution in [0.2, 0.25) is 0 Å². The van der Waals surface area contributed by atoms with E-state index in [1.165, 1.54) is 7.11 Å². The molecule has 0 saturated heterocycles. The number of carbonyl (C=O) groups is 1. The second-order valence-corrected chi connectivity index (χ2v) is 1.49. The van der Waals surface area contributed by atoms with Crippen LogP contribution >= 0.6 is 0 Å². The zero-order valence-corrected chi connectivity index (χ0v) is 6.22. The Kier molecular flexibility index (Phi) is 5.79. The smallest absolute Gasteiger partial charge is 0.384 e. The molecule has 0 N–H and O–H groups in total. The van der Waals surface area contributed by atoms with E-state index in [-0.39, 0.29) is 13.2 Å². The zero-order chi connectivity index (χ0) is 8.53. The van der Waals surface area contributed by atoms with Crippen molar-refractivity contribution in [3.8, 4) is 24.2 Å². The molecule has 58 valence electrons. The van der Waals surface area contributed by atoms with Crippen molar-refractivity contribution >= 4 is 5.97 Å². The summed E-state index contributed by atoms with van der Waals surface area (Å²) in [6.07, 6.45) is 4.88. The number of terminal acetylenes is 1. The maximum atomic E-state index is 10.4. The minimum Gasteiger partial charge on any atom is -0.459 e. The molecule has 3 nitrogen and oxygen atoms in total. The summed E-state index contributed by atoms with van der Waals surface area (Å²) in [4.78, 5) is 10.4. The molecule has 0 heterocycles. The lowest BCUT2D eigenvalue weighted by atomic mass is 10.6. The molecule has 3 heteroatoms. The number of carbonyl (C=O) groups excluding carboxylic acids is 1. The van der Waals surface area contributed by atoms with Gasteiger partial charge in [-0.15, -0.1) is 6.42 Å². The van der Waals surface area contributed by atoms with Crippen molar-refractivity contribution in [1.29, 1.82) is 0 Å². The fourth-order valence-corrected chi connectivity index (χ4v) is 0.320. The molecule has 0 amide bonds. The lowest BCUT2D eigenvalue weighted by molar-refractivity contribution is -0.133. The number of hydrogen-bond donors (Lipinski definition) is 0. The Morgan fingerprint density at radius 3 is 2.82 bits per heavy atom. The maximum Gasteiger partial charge on any atom is 0.384 e. The highest BCUT2D eigenvalue weighted by Gasteiger charge is 1.87. The Hall–Kier alpha value is -1.45. The summed E-state index contributed by atoms with van der Waals surface area (Å²) < 4.78 is 9.01. The van der Waals surface area contributed by atoms with Crippen molar-refractivity contribution in [3.05, 3.63) is 0 Å². The first-order valence-electron chi connectivity index (χ1n) is 2.89. The van der Waals surface area contributed by atoms with Gasteiger partial charge >= 0.3 is 5.97 Å². The van der Waals surface area contributed by atoms with Gasteiger partial charge in [0, 0.05) is 5.92 Å². The van der Waals surface area contributed by atoms with Gasteiger partial charge in [-0.05, 0) is 0 Å². The molecule has 0 radical (unpaired) electrons. The average Bonchev–Trinajstić information content (AvgIpc) is 2.04. The fraction of sp³-hybridized carbons (Fsp3) is 0.375. The summed E-state index contributed by atoms with van der Waals surface area (Å²) in [7, 11) is 1.26. The summed E-state index contributed by atoms with van der Waals surface area (Å²) >= 11 is 0. The van der Waals surface area contributed by atoms with Crippen LogP contribution in [0.5, 0.6) is 0 Å². The fourth-order valence-electron chi connectivity index (χ4n) is 0.320. The Balaban J connectivity index is 3.42. The second-order valence-electron chi connectivity index (χ2n) is 1.49. The minimum absolute atomic E-state index is 0.152. The van der Waals surface area contributed by atoms with Gasteiger partial charge in [0.05, 0.1) is 7.11 Å². The van der Waals surface area contributed by atoms with E-state index in [0.29, 0.717) is 0 Å². The zero-order valence-electron chi connectivity index (χ0n) is 6.22.